The second-order valence-electron chi connectivity index (χ2n) is 8.24. The minimum absolute atomic E-state index is 0.300. The van der Waals surface area contributed by atoms with Crippen molar-refractivity contribution in [3.05, 3.63) is 57.0 Å². The molecule has 0 radical (unpaired) electrons. The Morgan fingerprint density at radius 2 is 1.62 bits per heavy atom. The van der Waals surface area contributed by atoms with Gasteiger partial charge in [0.25, 0.3) is 5.56 Å². The van der Waals surface area contributed by atoms with Crippen LogP contribution in [0.5, 0.6) is 0 Å². The highest BCUT2D eigenvalue weighted by molar-refractivity contribution is 7.89. The highest BCUT2D eigenvalue weighted by Crippen LogP contribution is 2.18. The lowest BCUT2D eigenvalue weighted by atomic mass is 10.2. The number of benzene rings is 1. The van der Waals surface area contributed by atoms with Crippen molar-refractivity contribution in [3.8, 4) is 0 Å². The predicted octanol–water partition coefficient (Wildman–Crippen LogP) is 0.139. The molecule has 0 bridgehead atoms. The van der Waals surface area contributed by atoms with Crippen LogP contribution in [-0.4, -0.2) is 69.0 Å². The summed E-state index contributed by atoms with van der Waals surface area (Å²) in [6.07, 6.45) is 2.14. The third-order valence-corrected chi connectivity index (χ3v) is 7.96. The topological polar surface area (TPSA) is 102 Å². The minimum Gasteiger partial charge on any atom is -0.328 e. The number of hydrogen-bond donors (Lipinski definition) is 0. The molecule has 0 spiro atoms. The van der Waals surface area contributed by atoms with Crippen molar-refractivity contribution < 1.29 is 8.42 Å². The summed E-state index contributed by atoms with van der Waals surface area (Å²) in [5.41, 5.74) is 1.09. The molecular formula is C21H28N6O4S. The highest BCUT2D eigenvalue weighted by Gasteiger charge is 2.28. The third kappa shape index (κ3) is 4.03. The molecule has 1 fully saturated rings. The number of rotatable bonds is 6. The number of piperazine rings is 1. The molecule has 0 unspecified atom stereocenters. The van der Waals surface area contributed by atoms with Crippen LogP contribution < -0.4 is 11.2 Å². The van der Waals surface area contributed by atoms with Crippen LogP contribution >= 0.6 is 0 Å². The largest absolute Gasteiger partial charge is 0.332 e. The summed E-state index contributed by atoms with van der Waals surface area (Å²) in [7, 11) is -0.148. The zero-order valence-corrected chi connectivity index (χ0v) is 19.4. The van der Waals surface area contributed by atoms with Gasteiger partial charge in [-0.2, -0.15) is 4.31 Å². The second kappa shape index (κ2) is 8.64. The molecular weight excluding hydrogens is 432 g/mol. The first-order chi connectivity index (χ1) is 15.2. The van der Waals surface area contributed by atoms with E-state index in [1.165, 1.54) is 19.8 Å². The van der Waals surface area contributed by atoms with E-state index in [0.717, 1.165) is 5.56 Å². The predicted molar refractivity (Wildman–Crippen MR) is 121 cm³/mol. The molecule has 1 aliphatic rings. The molecule has 3 aromatic rings. The number of sulfonamides is 1. The van der Waals surface area contributed by atoms with E-state index in [-0.39, 0.29) is 11.2 Å². The smallest absolute Gasteiger partial charge is 0.328 e. The van der Waals surface area contributed by atoms with Crippen molar-refractivity contribution >= 4 is 21.2 Å². The van der Waals surface area contributed by atoms with E-state index in [1.807, 2.05) is 6.92 Å². The summed E-state index contributed by atoms with van der Waals surface area (Å²) in [5, 5.41) is 0. The van der Waals surface area contributed by atoms with Gasteiger partial charge in [0.15, 0.2) is 11.2 Å². The van der Waals surface area contributed by atoms with Crippen LogP contribution in [0.25, 0.3) is 11.2 Å². The second-order valence-corrected chi connectivity index (χ2v) is 10.2. The van der Waals surface area contributed by atoms with E-state index in [2.05, 4.69) is 9.88 Å². The standard InChI is InChI=1S/C21H28N6O4S/c1-16-5-7-17(8-6-16)32(30,31)26-13-11-25(12-14-26)9-4-10-27-20(28)18-19(22-15-23(18)2)24(3)21(27)29/h5-8,15H,4,9-14H2,1-3H3. The van der Waals surface area contributed by atoms with Crippen molar-refractivity contribution in [2.75, 3.05) is 32.7 Å². The quantitative estimate of drug-likeness (QED) is 0.519. The summed E-state index contributed by atoms with van der Waals surface area (Å²) < 4.78 is 31.5. The van der Waals surface area contributed by atoms with E-state index in [1.54, 1.807) is 42.9 Å². The normalized spacial score (nSPS) is 16.1. The minimum atomic E-state index is -3.49. The zero-order valence-electron chi connectivity index (χ0n) is 18.6. The molecule has 4 rings (SSSR count). The lowest BCUT2D eigenvalue weighted by molar-refractivity contribution is 0.184. The van der Waals surface area contributed by atoms with Gasteiger partial charge in [-0.25, -0.2) is 18.2 Å². The number of hydrogen-bond acceptors (Lipinski definition) is 6. The maximum absolute atomic E-state index is 12.8. The SMILES string of the molecule is Cc1ccc(S(=O)(=O)N2CCN(CCCn3c(=O)c4c(ncn4C)n(C)c3=O)CC2)cc1. The summed E-state index contributed by atoms with van der Waals surface area (Å²) in [6, 6.07) is 6.90. The Morgan fingerprint density at radius 3 is 2.28 bits per heavy atom. The summed E-state index contributed by atoms with van der Waals surface area (Å²) in [4.78, 5) is 32.0. The van der Waals surface area contributed by atoms with Crippen LogP contribution in [0.4, 0.5) is 0 Å². The Labute approximate surface area is 186 Å². The lowest BCUT2D eigenvalue weighted by Crippen LogP contribution is -2.49. The Bertz CT molecular complexity index is 1350. The van der Waals surface area contributed by atoms with E-state index in [9.17, 15) is 18.0 Å². The van der Waals surface area contributed by atoms with Crippen molar-refractivity contribution in [1.29, 1.82) is 0 Å². The molecule has 0 atom stereocenters. The highest BCUT2D eigenvalue weighted by atomic mass is 32.2. The van der Waals surface area contributed by atoms with Gasteiger partial charge in [0, 0.05) is 46.8 Å². The number of nitrogens with zero attached hydrogens (tertiary/aromatic N) is 6. The first-order valence-electron chi connectivity index (χ1n) is 10.6. The van der Waals surface area contributed by atoms with Crippen LogP contribution in [-0.2, 0) is 30.7 Å². The fraction of sp³-hybridized carbons (Fsp3) is 0.476. The van der Waals surface area contributed by atoms with E-state index in [4.69, 9.17) is 0 Å². The van der Waals surface area contributed by atoms with Crippen LogP contribution in [0, 0.1) is 6.92 Å². The molecule has 0 saturated carbocycles. The molecule has 3 heterocycles. The number of aryl methyl sites for hydroxylation is 3. The monoisotopic (exact) mass is 460 g/mol. The molecule has 1 aromatic carbocycles. The molecule has 32 heavy (non-hydrogen) atoms. The Hall–Kier alpha value is -2.76. The van der Waals surface area contributed by atoms with Gasteiger partial charge in [-0.05, 0) is 32.0 Å². The van der Waals surface area contributed by atoms with Gasteiger partial charge in [0.2, 0.25) is 10.0 Å². The van der Waals surface area contributed by atoms with Gasteiger partial charge >= 0.3 is 5.69 Å². The van der Waals surface area contributed by atoms with Crippen LogP contribution in [0.3, 0.4) is 0 Å². The zero-order chi connectivity index (χ0) is 23.0. The molecule has 0 amide bonds. The van der Waals surface area contributed by atoms with Crippen LogP contribution in [0.2, 0.25) is 0 Å². The summed E-state index contributed by atoms with van der Waals surface area (Å²) in [6.45, 7) is 4.95. The van der Waals surface area contributed by atoms with E-state index in [0.29, 0.717) is 61.7 Å². The Balaban J connectivity index is 1.37. The molecule has 2 aromatic heterocycles. The molecule has 10 nitrogen and oxygen atoms in total. The van der Waals surface area contributed by atoms with Crippen molar-refractivity contribution in [2.45, 2.75) is 24.8 Å². The molecule has 11 heteroatoms. The van der Waals surface area contributed by atoms with Crippen LogP contribution in [0.15, 0.2) is 45.1 Å². The van der Waals surface area contributed by atoms with Gasteiger partial charge in [0.05, 0.1) is 11.2 Å². The molecule has 172 valence electrons. The van der Waals surface area contributed by atoms with Gasteiger partial charge in [-0.1, -0.05) is 17.7 Å². The van der Waals surface area contributed by atoms with Gasteiger partial charge in [-0.3, -0.25) is 13.9 Å². The molecule has 0 N–H and O–H groups in total. The number of aromatic nitrogens is 4. The first-order valence-corrected chi connectivity index (χ1v) is 12.0. The average Bonchev–Trinajstić information content (AvgIpc) is 3.17. The number of imidazole rings is 1. The van der Waals surface area contributed by atoms with E-state index >= 15 is 0 Å². The molecule has 1 aliphatic heterocycles. The Kier molecular flexibility index (Phi) is 6.06. The average molecular weight is 461 g/mol. The maximum atomic E-state index is 12.8. The fourth-order valence-corrected chi connectivity index (χ4v) is 5.52. The van der Waals surface area contributed by atoms with Gasteiger partial charge in [-0.15, -0.1) is 0 Å². The van der Waals surface area contributed by atoms with Gasteiger partial charge in [0.1, 0.15) is 0 Å². The van der Waals surface area contributed by atoms with Crippen molar-refractivity contribution in [1.82, 2.24) is 27.9 Å². The van der Waals surface area contributed by atoms with Crippen molar-refractivity contribution in [2.24, 2.45) is 14.1 Å². The summed E-state index contributed by atoms with van der Waals surface area (Å²) >= 11 is 0. The Morgan fingerprint density at radius 1 is 0.969 bits per heavy atom. The lowest BCUT2D eigenvalue weighted by Gasteiger charge is -2.34. The first kappa shape index (κ1) is 22.4. The van der Waals surface area contributed by atoms with Crippen molar-refractivity contribution in [3.63, 3.8) is 0 Å². The third-order valence-electron chi connectivity index (χ3n) is 6.05. The molecule has 1 saturated heterocycles. The van der Waals surface area contributed by atoms with E-state index < -0.39 is 10.0 Å². The summed E-state index contributed by atoms with van der Waals surface area (Å²) in [5.74, 6) is 0. The maximum Gasteiger partial charge on any atom is 0.332 e. The van der Waals surface area contributed by atoms with Gasteiger partial charge < -0.3 is 9.47 Å². The van der Waals surface area contributed by atoms with Crippen LogP contribution in [0.1, 0.15) is 12.0 Å². The molecule has 0 aliphatic carbocycles. The number of fused-ring (bicyclic) bond motifs is 1. The fourth-order valence-electron chi connectivity index (χ4n) is 4.10.